The predicted molar refractivity (Wildman–Crippen MR) is 67.6 cm³/mol. The Morgan fingerprint density at radius 1 is 1.29 bits per heavy atom. The minimum atomic E-state index is -0.193. The SMILES string of the molecule is Cc1ccc(Cl)cc1NC(=O)c1ccoc1C. The molecule has 1 heterocycles. The molecule has 0 spiro atoms. The quantitative estimate of drug-likeness (QED) is 0.880. The van der Waals surface area contributed by atoms with Gasteiger partial charge in [-0.3, -0.25) is 4.79 Å². The molecular formula is C13H12ClNO2. The zero-order chi connectivity index (χ0) is 12.4. The van der Waals surface area contributed by atoms with Gasteiger partial charge in [0.15, 0.2) is 0 Å². The molecule has 2 aromatic rings. The van der Waals surface area contributed by atoms with Crippen molar-refractivity contribution in [2.75, 3.05) is 5.32 Å². The van der Waals surface area contributed by atoms with Crippen LogP contribution in [0.5, 0.6) is 0 Å². The van der Waals surface area contributed by atoms with Crippen LogP contribution >= 0.6 is 11.6 Å². The number of carbonyl (C=O) groups is 1. The second-order valence-electron chi connectivity index (χ2n) is 3.80. The minimum Gasteiger partial charge on any atom is -0.469 e. The molecule has 3 nitrogen and oxygen atoms in total. The zero-order valence-corrected chi connectivity index (χ0v) is 10.3. The molecule has 1 amide bonds. The van der Waals surface area contributed by atoms with Crippen molar-refractivity contribution in [2.24, 2.45) is 0 Å². The van der Waals surface area contributed by atoms with E-state index in [1.807, 2.05) is 13.0 Å². The van der Waals surface area contributed by atoms with Crippen LogP contribution in [-0.4, -0.2) is 5.91 Å². The summed E-state index contributed by atoms with van der Waals surface area (Å²) in [7, 11) is 0. The first-order chi connectivity index (χ1) is 8.08. The first kappa shape index (κ1) is 11.7. The van der Waals surface area contributed by atoms with E-state index in [9.17, 15) is 4.79 Å². The van der Waals surface area contributed by atoms with Crippen molar-refractivity contribution in [2.45, 2.75) is 13.8 Å². The van der Waals surface area contributed by atoms with Crippen molar-refractivity contribution < 1.29 is 9.21 Å². The number of furan rings is 1. The Balaban J connectivity index is 2.24. The van der Waals surface area contributed by atoms with E-state index in [1.165, 1.54) is 6.26 Å². The van der Waals surface area contributed by atoms with E-state index < -0.39 is 0 Å². The zero-order valence-electron chi connectivity index (χ0n) is 9.58. The fourth-order valence-electron chi connectivity index (χ4n) is 1.54. The van der Waals surface area contributed by atoms with Crippen LogP contribution in [0.25, 0.3) is 0 Å². The van der Waals surface area contributed by atoms with Gasteiger partial charge in [-0.2, -0.15) is 0 Å². The Morgan fingerprint density at radius 2 is 2.06 bits per heavy atom. The lowest BCUT2D eigenvalue weighted by Crippen LogP contribution is -2.12. The van der Waals surface area contributed by atoms with Crippen molar-refractivity contribution in [3.8, 4) is 0 Å². The third-order valence-corrected chi connectivity index (χ3v) is 2.79. The Labute approximate surface area is 104 Å². The largest absolute Gasteiger partial charge is 0.469 e. The summed E-state index contributed by atoms with van der Waals surface area (Å²) in [5.41, 5.74) is 2.20. The number of hydrogen-bond donors (Lipinski definition) is 1. The standard InChI is InChI=1S/C13H12ClNO2/c1-8-3-4-10(14)7-12(8)15-13(16)11-5-6-17-9(11)2/h3-7H,1-2H3,(H,15,16). The van der Waals surface area contributed by atoms with Crippen molar-refractivity contribution in [3.05, 3.63) is 52.4 Å². The van der Waals surface area contributed by atoms with E-state index in [0.29, 0.717) is 22.0 Å². The Morgan fingerprint density at radius 3 is 2.71 bits per heavy atom. The third kappa shape index (κ3) is 2.50. The molecule has 1 aromatic heterocycles. The molecule has 0 saturated heterocycles. The highest BCUT2D eigenvalue weighted by Gasteiger charge is 2.12. The molecule has 4 heteroatoms. The van der Waals surface area contributed by atoms with Crippen LogP contribution in [0.1, 0.15) is 21.7 Å². The van der Waals surface area contributed by atoms with Crippen LogP contribution in [-0.2, 0) is 0 Å². The van der Waals surface area contributed by atoms with E-state index in [1.54, 1.807) is 25.1 Å². The highest BCUT2D eigenvalue weighted by atomic mass is 35.5. The summed E-state index contributed by atoms with van der Waals surface area (Å²) >= 11 is 5.89. The maximum Gasteiger partial charge on any atom is 0.259 e. The van der Waals surface area contributed by atoms with Crippen LogP contribution in [0.2, 0.25) is 5.02 Å². The topological polar surface area (TPSA) is 42.2 Å². The number of halogens is 1. The van der Waals surface area contributed by atoms with Crippen molar-refractivity contribution in [3.63, 3.8) is 0 Å². The molecule has 1 aromatic carbocycles. The van der Waals surface area contributed by atoms with Crippen LogP contribution in [0.15, 0.2) is 34.9 Å². The van der Waals surface area contributed by atoms with Crippen LogP contribution in [0, 0.1) is 13.8 Å². The van der Waals surface area contributed by atoms with Gasteiger partial charge >= 0.3 is 0 Å². The van der Waals surface area contributed by atoms with Crippen LogP contribution < -0.4 is 5.32 Å². The van der Waals surface area contributed by atoms with E-state index in [-0.39, 0.29) is 5.91 Å². The monoisotopic (exact) mass is 249 g/mol. The van der Waals surface area contributed by atoms with Gasteiger partial charge in [-0.1, -0.05) is 17.7 Å². The molecule has 0 fully saturated rings. The van der Waals surface area contributed by atoms with Gasteiger partial charge in [0.05, 0.1) is 11.8 Å². The molecule has 0 bridgehead atoms. The molecule has 0 saturated carbocycles. The Kier molecular flexibility index (Phi) is 3.20. The number of aryl methyl sites for hydroxylation is 2. The van der Waals surface area contributed by atoms with E-state index >= 15 is 0 Å². The lowest BCUT2D eigenvalue weighted by molar-refractivity contribution is 0.102. The molecule has 2 rings (SSSR count). The van der Waals surface area contributed by atoms with E-state index in [2.05, 4.69) is 5.32 Å². The number of rotatable bonds is 2. The van der Waals surface area contributed by atoms with E-state index in [4.69, 9.17) is 16.0 Å². The summed E-state index contributed by atoms with van der Waals surface area (Å²) < 4.78 is 5.09. The molecule has 17 heavy (non-hydrogen) atoms. The number of hydrogen-bond acceptors (Lipinski definition) is 2. The molecule has 0 aliphatic heterocycles. The Hall–Kier alpha value is -1.74. The normalized spacial score (nSPS) is 10.3. The van der Waals surface area contributed by atoms with Crippen molar-refractivity contribution in [1.82, 2.24) is 0 Å². The number of benzene rings is 1. The summed E-state index contributed by atoms with van der Waals surface area (Å²) in [6.45, 7) is 3.66. The molecule has 88 valence electrons. The van der Waals surface area contributed by atoms with Crippen LogP contribution in [0.3, 0.4) is 0 Å². The molecule has 1 N–H and O–H groups in total. The molecule has 0 aliphatic rings. The van der Waals surface area contributed by atoms with Gasteiger partial charge in [-0.25, -0.2) is 0 Å². The highest BCUT2D eigenvalue weighted by Crippen LogP contribution is 2.21. The average Bonchev–Trinajstić information content (AvgIpc) is 2.70. The van der Waals surface area contributed by atoms with Gasteiger partial charge in [0.1, 0.15) is 5.76 Å². The molecule has 0 atom stereocenters. The smallest absolute Gasteiger partial charge is 0.259 e. The molecule has 0 aliphatic carbocycles. The van der Waals surface area contributed by atoms with Gasteiger partial charge < -0.3 is 9.73 Å². The summed E-state index contributed by atoms with van der Waals surface area (Å²) in [5.74, 6) is 0.406. The predicted octanol–water partition coefficient (Wildman–Crippen LogP) is 3.80. The van der Waals surface area contributed by atoms with Crippen molar-refractivity contribution in [1.29, 1.82) is 0 Å². The van der Waals surface area contributed by atoms with Gasteiger partial charge in [-0.05, 0) is 37.6 Å². The van der Waals surface area contributed by atoms with Gasteiger partial charge in [0, 0.05) is 10.7 Å². The second kappa shape index (κ2) is 4.63. The maximum atomic E-state index is 11.9. The van der Waals surface area contributed by atoms with Crippen LogP contribution in [0.4, 0.5) is 5.69 Å². The maximum absolute atomic E-state index is 11.9. The summed E-state index contributed by atoms with van der Waals surface area (Å²) in [4.78, 5) is 11.9. The second-order valence-corrected chi connectivity index (χ2v) is 4.24. The summed E-state index contributed by atoms with van der Waals surface area (Å²) in [6.07, 6.45) is 1.50. The first-order valence-corrected chi connectivity index (χ1v) is 5.57. The first-order valence-electron chi connectivity index (χ1n) is 5.19. The summed E-state index contributed by atoms with van der Waals surface area (Å²) in [5, 5.41) is 3.40. The lowest BCUT2D eigenvalue weighted by atomic mass is 10.2. The fraction of sp³-hybridized carbons (Fsp3) is 0.154. The fourth-order valence-corrected chi connectivity index (χ4v) is 1.71. The van der Waals surface area contributed by atoms with Crippen molar-refractivity contribution >= 4 is 23.2 Å². The molecular weight excluding hydrogens is 238 g/mol. The van der Waals surface area contributed by atoms with Gasteiger partial charge in [-0.15, -0.1) is 0 Å². The minimum absolute atomic E-state index is 0.193. The third-order valence-electron chi connectivity index (χ3n) is 2.55. The molecule has 0 unspecified atom stereocenters. The molecule has 0 radical (unpaired) electrons. The lowest BCUT2D eigenvalue weighted by Gasteiger charge is -2.08. The Bertz CT molecular complexity index is 560. The average molecular weight is 250 g/mol. The number of anilines is 1. The number of amides is 1. The number of carbonyl (C=O) groups excluding carboxylic acids is 1. The highest BCUT2D eigenvalue weighted by molar-refractivity contribution is 6.31. The number of nitrogens with one attached hydrogen (secondary N) is 1. The van der Waals surface area contributed by atoms with Gasteiger partial charge in [0.25, 0.3) is 5.91 Å². The van der Waals surface area contributed by atoms with E-state index in [0.717, 1.165) is 5.56 Å². The van der Waals surface area contributed by atoms with Gasteiger partial charge in [0.2, 0.25) is 0 Å². The summed E-state index contributed by atoms with van der Waals surface area (Å²) in [6, 6.07) is 7.02.